The highest BCUT2D eigenvalue weighted by atomic mass is 32.2. The molecule has 0 saturated carbocycles. The molecule has 0 aromatic heterocycles. The largest absolute Gasteiger partial charge is 0.504 e. The van der Waals surface area contributed by atoms with E-state index in [2.05, 4.69) is 6.92 Å². The van der Waals surface area contributed by atoms with Crippen molar-refractivity contribution in [3.05, 3.63) is 48.0 Å². The number of benzene rings is 2. The molecule has 0 fully saturated rings. The van der Waals surface area contributed by atoms with E-state index < -0.39 is 15.0 Å². The van der Waals surface area contributed by atoms with E-state index in [9.17, 15) is 18.1 Å². The van der Waals surface area contributed by atoms with Gasteiger partial charge in [0.1, 0.15) is 10.6 Å². The van der Waals surface area contributed by atoms with Gasteiger partial charge in [0.05, 0.1) is 0 Å². The third-order valence-electron chi connectivity index (χ3n) is 5.20. The first kappa shape index (κ1) is 24.2. The maximum Gasteiger partial charge on any atom is 0.298 e. The highest BCUT2D eigenvalue weighted by molar-refractivity contribution is 7.86. The molecule has 0 bridgehead atoms. The fourth-order valence-electron chi connectivity index (χ4n) is 3.47. The van der Waals surface area contributed by atoms with Gasteiger partial charge in [-0.2, -0.15) is 8.42 Å². The van der Waals surface area contributed by atoms with Gasteiger partial charge in [-0.3, -0.25) is 4.55 Å². The molecule has 166 valence electrons. The maximum absolute atomic E-state index is 11.5. The number of aromatic hydroxyl groups is 1. The first-order valence-corrected chi connectivity index (χ1v) is 12.4. The highest BCUT2D eigenvalue weighted by Crippen LogP contribution is 2.36. The predicted octanol–water partition coefficient (Wildman–Crippen LogP) is 6.89. The van der Waals surface area contributed by atoms with Gasteiger partial charge in [0.15, 0.2) is 11.5 Å². The van der Waals surface area contributed by atoms with E-state index in [1.165, 1.54) is 81.5 Å². The van der Waals surface area contributed by atoms with Gasteiger partial charge in [-0.15, -0.1) is 0 Å². The van der Waals surface area contributed by atoms with Gasteiger partial charge in [0, 0.05) is 0 Å². The number of phenols is 1. The van der Waals surface area contributed by atoms with Crippen molar-refractivity contribution in [1.29, 1.82) is 0 Å². The van der Waals surface area contributed by atoms with Gasteiger partial charge >= 0.3 is 0 Å². The number of para-hydroxylation sites is 1. The molecule has 2 rings (SSSR count). The average molecular weight is 435 g/mol. The number of hydrogen-bond donors (Lipinski definition) is 2. The van der Waals surface area contributed by atoms with Crippen LogP contribution in [0, 0.1) is 0 Å². The van der Waals surface area contributed by atoms with E-state index in [0.29, 0.717) is 5.75 Å². The van der Waals surface area contributed by atoms with Crippen LogP contribution in [0.4, 0.5) is 0 Å². The van der Waals surface area contributed by atoms with Crippen LogP contribution in [0.3, 0.4) is 0 Å². The Morgan fingerprint density at radius 1 is 0.800 bits per heavy atom. The molecule has 30 heavy (non-hydrogen) atoms. The first-order chi connectivity index (χ1) is 14.4. The van der Waals surface area contributed by atoms with Gasteiger partial charge in [-0.25, -0.2) is 0 Å². The van der Waals surface area contributed by atoms with Gasteiger partial charge in [-0.1, -0.05) is 82.9 Å². The number of ether oxygens (including phenoxy) is 1. The maximum atomic E-state index is 11.5. The van der Waals surface area contributed by atoms with Crippen LogP contribution in [0.25, 0.3) is 0 Å². The Morgan fingerprint density at radius 3 is 1.93 bits per heavy atom. The van der Waals surface area contributed by atoms with Crippen LogP contribution in [0.5, 0.6) is 17.2 Å². The zero-order chi connectivity index (χ0) is 21.8. The Balaban J connectivity index is 1.75. The first-order valence-electron chi connectivity index (χ1n) is 11.0. The number of unbranched alkanes of at least 4 members (excludes halogenated alkanes) is 9. The summed E-state index contributed by atoms with van der Waals surface area (Å²) in [6.45, 7) is 2.24. The van der Waals surface area contributed by atoms with Crippen molar-refractivity contribution in [2.24, 2.45) is 0 Å². The molecular weight excluding hydrogens is 400 g/mol. The van der Waals surface area contributed by atoms with Crippen molar-refractivity contribution in [3.63, 3.8) is 0 Å². The van der Waals surface area contributed by atoms with Gasteiger partial charge in [-0.05, 0) is 42.7 Å². The monoisotopic (exact) mass is 434 g/mol. The van der Waals surface area contributed by atoms with E-state index in [0.717, 1.165) is 12.8 Å². The molecule has 0 amide bonds. The number of aryl methyl sites for hydroxylation is 1. The van der Waals surface area contributed by atoms with Crippen molar-refractivity contribution in [2.45, 2.75) is 82.4 Å². The van der Waals surface area contributed by atoms with Crippen molar-refractivity contribution >= 4 is 10.1 Å². The molecule has 0 spiro atoms. The molecule has 0 unspecified atom stereocenters. The molecule has 2 aromatic carbocycles. The lowest BCUT2D eigenvalue weighted by Gasteiger charge is -2.11. The van der Waals surface area contributed by atoms with Crippen molar-refractivity contribution in [2.75, 3.05) is 0 Å². The summed E-state index contributed by atoms with van der Waals surface area (Å²) >= 11 is 0. The minimum Gasteiger partial charge on any atom is -0.504 e. The van der Waals surface area contributed by atoms with Crippen LogP contribution in [-0.4, -0.2) is 18.1 Å². The molecular formula is C24H34O5S. The second-order valence-electron chi connectivity index (χ2n) is 7.76. The van der Waals surface area contributed by atoms with Crippen LogP contribution in [0.1, 0.15) is 76.7 Å². The zero-order valence-electron chi connectivity index (χ0n) is 17.8. The molecule has 0 aliphatic heterocycles. The number of rotatable bonds is 14. The minimum absolute atomic E-state index is 0.276. The zero-order valence-corrected chi connectivity index (χ0v) is 18.7. The second-order valence-corrected chi connectivity index (χ2v) is 9.15. The lowest BCUT2D eigenvalue weighted by molar-refractivity contribution is 0.397. The van der Waals surface area contributed by atoms with E-state index in [4.69, 9.17) is 4.74 Å². The SMILES string of the molecule is CCCCCCCCCCCCc1ccc(Oc2c(O)cccc2S(=O)(=O)O)cc1. The summed E-state index contributed by atoms with van der Waals surface area (Å²) in [6.07, 6.45) is 14.0. The predicted molar refractivity (Wildman–Crippen MR) is 120 cm³/mol. The van der Waals surface area contributed by atoms with E-state index in [1.807, 2.05) is 12.1 Å². The third-order valence-corrected chi connectivity index (χ3v) is 6.08. The summed E-state index contributed by atoms with van der Waals surface area (Å²) in [4.78, 5) is -0.461. The van der Waals surface area contributed by atoms with Crippen LogP contribution in [-0.2, 0) is 16.5 Å². The average Bonchev–Trinajstić information content (AvgIpc) is 2.71. The van der Waals surface area contributed by atoms with Gasteiger partial charge < -0.3 is 9.84 Å². The standard InChI is InChI=1S/C24H34O5S/c1-2-3-4-5-6-7-8-9-10-11-13-20-16-18-21(19-17-20)29-24-22(25)14-12-15-23(24)30(26,27)28/h12,14-19,25H,2-11,13H2,1H3,(H,26,27,28). The fraction of sp³-hybridized carbons (Fsp3) is 0.500. The molecule has 6 heteroatoms. The Kier molecular flexibility index (Phi) is 10.2. The van der Waals surface area contributed by atoms with E-state index >= 15 is 0 Å². The van der Waals surface area contributed by atoms with Gasteiger partial charge in [0.25, 0.3) is 10.1 Å². The lowest BCUT2D eigenvalue weighted by Crippen LogP contribution is -2.01. The highest BCUT2D eigenvalue weighted by Gasteiger charge is 2.20. The summed E-state index contributed by atoms with van der Waals surface area (Å²) in [5, 5.41) is 9.93. The number of phenolic OH excluding ortho intramolecular Hbond substituents is 1. The molecule has 0 saturated heterocycles. The molecule has 5 nitrogen and oxygen atoms in total. The quantitative estimate of drug-likeness (QED) is 0.250. The Morgan fingerprint density at radius 2 is 1.37 bits per heavy atom. The Hall–Kier alpha value is -2.05. The Bertz CT molecular complexity index is 860. The van der Waals surface area contributed by atoms with Gasteiger partial charge in [0.2, 0.25) is 0 Å². The molecule has 2 aromatic rings. The summed E-state index contributed by atoms with van der Waals surface area (Å²) in [7, 11) is -4.50. The lowest BCUT2D eigenvalue weighted by atomic mass is 10.0. The van der Waals surface area contributed by atoms with Crippen LogP contribution in [0.15, 0.2) is 47.4 Å². The Labute approximate surface area is 180 Å². The molecule has 0 atom stereocenters. The normalized spacial score (nSPS) is 11.5. The van der Waals surface area contributed by atoms with Crippen LogP contribution < -0.4 is 4.74 Å². The molecule has 0 aliphatic carbocycles. The second kappa shape index (κ2) is 12.6. The van der Waals surface area contributed by atoms with Crippen molar-refractivity contribution in [1.82, 2.24) is 0 Å². The summed E-state index contributed by atoms with van der Waals surface area (Å²) in [6, 6.07) is 11.2. The van der Waals surface area contributed by atoms with Crippen LogP contribution in [0.2, 0.25) is 0 Å². The summed E-state index contributed by atoms with van der Waals surface area (Å²) in [5.74, 6) is -0.227. The molecule has 0 aliphatic rings. The number of hydrogen-bond acceptors (Lipinski definition) is 4. The molecule has 2 N–H and O–H groups in total. The fourth-order valence-corrected chi connectivity index (χ4v) is 4.10. The molecule has 0 heterocycles. The van der Waals surface area contributed by atoms with Crippen LogP contribution >= 0.6 is 0 Å². The summed E-state index contributed by atoms with van der Waals surface area (Å²) in [5.41, 5.74) is 1.19. The van der Waals surface area contributed by atoms with E-state index in [-0.39, 0.29) is 11.5 Å². The molecule has 0 radical (unpaired) electrons. The van der Waals surface area contributed by atoms with Crippen molar-refractivity contribution in [3.8, 4) is 17.2 Å². The minimum atomic E-state index is -4.50. The van der Waals surface area contributed by atoms with E-state index in [1.54, 1.807) is 12.1 Å². The smallest absolute Gasteiger partial charge is 0.298 e. The summed E-state index contributed by atoms with van der Waals surface area (Å²) < 4.78 is 37.8. The van der Waals surface area contributed by atoms with Crippen molar-refractivity contribution < 1.29 is 22.8 Å². The third kappa shape index (κ3) is 8.36. The topological polar surface area (TPSA) is 83.8 Å².